The molecule has 3 aromatic rings. The molecule has 4 rings (SSSR count). The summed E-state index contributed by atoms with van der Waals surface area (Å²) in [5.41, 5.74) is 2.61. The van der Waals surface area contributed by atoms with Crippen molar-refractivity contribution in [2.24, 2.45) is 0 Å². The third-order valence-electron chi connectivity index (χ3n) is 5.98. The van der Waals surface area contributed by atoms with Crippen LogP contribution in [-0.4, -0.2) is 36.4 Å². The molecule has 1 N–H and O–H groups in total. The second-order valence-corrected chi connectivity index (χ2v) is 9.35. The molecule has 1 aliphatic rings. The molecule has 6 heteroatoms. The Balaban J connectivity index is 1.49. The fraction of sp³-hybridized carbons (Fsp3) is 0.286. The molecule has 0 atom stereocenters. The van der Waals surface area contributed by atoms with E-state index in [1.54, 1.807) is 24.3 Å². The Morgan fingerprint density at radius 1 is 0.853 bits per heavy atom. The van der Waals surface area contributed by atoms with E-state index < -0.39 is 0 Å². The number of nitrogens with one attached hydrogen (secondary N) is 1. The van der Waals surface area contributed by atoms with Gasteiger partial charge < -0.3 is 15.0 Å². The van der Waals surface area contributed by atoms with Crippen molar-refractivity contribution in [3.05, 3.63) is 94.0 Å². The van der Waals surface area contributed by atoms with E-state index in [1.807, 2.05) is 41.3 Å². The lowest BCUT2D eigenvalue weighted by Gasteiger charge is -2.22. The molecule has 2 amide bonds. The Morgan fingerprint density at radius 2 is 1.56 bits per heavy atom. The van der Waals surface area contributed by atoms with Crippen LogP contribution in [0.4, 0.5) is 5.69 Å². The van der Waals surface area contributed by atoms with Gasteiger partial charge in [-0.15, -0.1) is 0 Å². The number of carbonyl (C=O) groups excluding carboxylic acids is 2. The van der Waals surface area contributed by atoms with Crippen LogP contribution in [0.3, 0.4) is 0 Å². The number of likely N-dealkylation sites (tertiary alicyclic amines) is 1. The molecule has 0 saturated carbocycles. The molecule has 1 saturated heterocycles. The maximum Gasteiger partial charge on any atom is 0.259 e. The number of halogens is 1. The van der Waals surface area contributed by atoms with Gasteiger partial charge in [0.25, 0.3) is 11.8 Å². The molecule has 0 radical (unpaired) electrons. The zero-order valence-corrected chi connectivity index (χ0v) is 20.7. The van der Waals surface area contributed by atoms with Crippen molar-refractivity contribution in [1.29, 1.82) is 0 Å². The van der Waals surface area contributed by atoms with Crippen molar-refractivity contribution in [3.63, 3.8) is 0 Å². The van der Waals surface area contributed by atoms with Crippen molar-refractivity contribution in [2.75, 3.05) is 25.0 Å². The summed E-state index contributed by atoms with van der Waals surface area (Å²) in [5, 5.41) is 2.95. The molecule has 1 heterocycles. The summed E-state index contributed by atoms with van der Waals surface area (Å²) in [4.78, 5) is 28.4. The predicted octanol–water partition coefficient (Wildman–Crippen LogP) is 6.34. The molecule has 34 heavy (non-hydrogen) atoms. The van der Waals surface area contributed by atoms with E-state index in [4.69, 9.17) is 4.74 Å². The Kier molecular flexibility index (Phi) is 8.36. The Labute approximate surface area is 209 Å². The van der Waals surface area contributed by atoms with E-state index in [2.05, 4.69) is 33.4 Å². The standard InChI is InChI=1S/C28H29BrN2O3/c29-22-14-15-26(34-19-16-21-10-4-3-5-11-21)24(20-22)27(32)30-25-13-7-6-12-23(25)28(33)31-17-8-1-2-9-18-31/h3-7,10-15,20H,1-2,8-9,16-19H2,(H,30,32). The second-order valence-electron chi connectivity index (χ2n) is 8.43. The number of anilines is 1. The van der Waals surface area contributed by atoms with Crippen LogP contribution in [0.2, 0.25) is 0 Å². The SMILES string of the molecule is O=C(Nc1ccccc1C(=O)N1CCCCCC1)c1cc(Br)ccc1OCCc1ccccc1. The van der Waals surface area contributed by atoms with E-state index in [9.17, 15) is 9.59 Å². The monoisotopic (exact) mass is 520 g/mol. The van der Waals surface area contributed by atoms with E-state index in [1.165, 1.54) is 5.56 Å². The molecule has 0 spiro atoms. The first kappa shape index (κ1) is 24.0. The highest BCUT2D eigenvalue weighted by atomic mass is 79.9. The minimum atomic E-state index is -0.313. The molecule has 3 aromatic carbocycles. The molecule has 176 valence electrons. The van der Waals surface area contributed by atoms with Gasteiger partial charge >= 0.3 is 0 Å². The number of carbonyl (C=O) groups is 2. The number of benzene rings is 3. The van der Waals surface area contributed by atoms with Gasteiger partial charge in [-0.05, 0) is 48.7 Å². The van der Waals surface area contributed by atoms with Crippen LogP contribution in [0.25, 0.3) is 0 Å². The van der Waals surface area contributed by atoms with Gasteiger partial charge in [0.15, 0.2) is 0 Å². The van der Waals surface area contributed by atoms with E-state index in [0.29, 0.717) is 29.2 Å². The van der Waals surface area contributed by atoms with Crippen LogP contribution in [0.15, 0.2) is 77.3 Å². The lowest BCUT2D eigenvalue weighted by Crippen LogP contribution is -2.32. The predicted molar refractivity (Wildman–Crippen MR) is 139 cm³/mol. The maximum absolute atomic E-state index is 13.3. The number of amides is 2. The van der Waals surface area contributed by atoms with Crippen molar-refractivity contribution in [1.82, 2.24) is 4.90 Å². The van der Waals surface area contributed by atoms with Crippen molar-refractivity contribution >= 4 is 33.4 Å². The normalized spacial score (nSPS) is 13.7. The van der Waals surface area contributed by atoms with Crippen LogP contribution in [0.5, 0.6) is 5.75 Å². The van der Waals surface area contributed by atoms with Gasteiger partial charge in [-0.1, -0.05) is 71.2 Å². The lowest BCUT2D eigenvalue weighted by molar-refractivity contribution is 0.0762. The first-order valence-electron chi connectivity index (χ1n) is 11.8. The average Bonchev–Trinajstić information content (AvgIpc) is 3.15. The minimum absolute atomic E-state index is 0.0358. The number of para-hydroxylation sites is 1. The van der Waals surface area contributed by atoms with E-state index in [-0.39, 0.29) is 11.8 Å². The lowest BCUT2D eigenvalue weighted by atomic mass is 10.1. The van der Waals surface area contributed by atoms with Gasteiger partial charge in [-0.2, -0.15) is 0 Å². The Bertz CT molecular complexity index is 1130. The highest BCUT2D eigenvalue weighted by Gasteiger charge is 2.22. The fourth-order valence-electron chi connectivity index (χ4n) is 4.14. The number of nitrogens with zero attached hydrogens (tertiary/aromatic N) is 1. The largest absolute Gasteiger partial charge is 0.492 e. The average molecular weight is 521 g/mol. The Morgan fingerprint density at radius 3 is 2.32 bits per heavy atom. The molecule has 0 aliphatic carbocycles. The van der Waals surface area contributed by atoms with Crippen LogP contribution in [0.1, 0.15) is 52.0 Å². The van der Waals surface area contributed by atoms with Gasteiger partial charge in [0.2, 0.25) is 0 Å². The number of ether oxygens (including phenoxy) is 1. The third-order valence-corrected chi connectivity index (χ3v) is 6.47. The first-order chi connectivity index (χ1) is 16.6. The molecule has 5 nitrogen and oxygen atoms in total. The van der Waals surface area contributed by atoms with Gasteiger partial charge in [0.05, 0.1) is 23.4 Å². The first-order valence-corrected chi connectivity index (χ1v) is 12.6. The summed E-state index contributed by atoms with van der Waals surface area (Å²) in [6, 6.07) is 22.7. The van der Waals surface area contributed by atoms with Gasteiger partial charge in [0, 0.05) is 24.0 Å². The number of hydrogen-bond donors (Lipinski definition) is 1. The number of rotatable bonds is 7. The van der Waals surface area contributed by atoms with Crippen LogP contribution >= 0.6 is 15.9 Å². The van der Waals surface area contributed by atoms with Gasteiger partial charge in [-0.3, -0.25) is 9.59 Å². The quantitative estimate of drug-likeness (QED) is 0.395. The summed E-state index contributed by atoms with van der Waals surface area (Å²) in [7, 11) is 0. The van der Waals surface area contributed by atoms with Crippen molar-refractivity contribution < 1.29 is 14.3 Å². The molecular weight excluding hydrogens is 492 g/mol. The fourth-order valence-corrected chi connectivity index (χ4v) is 4.50. The Hall–Kier alpha value is -3.12. The summed E-state index contributed by atoms with van der Waals surface area (Å²) in [6.07, 6.45) is 5.07. The van der Waals surface area contributed by atoms with Crippen LogP contribution in [0, 0.1) is 0 Å². The zero-order valence-electron chi connectivity index (χ0n) is 19.1. The minimum Gasteiger partial charge on any atom is -0.492 e. The maximum atomic E-state index is 13.3. The van der Waals surface area contributed by atoms with E-state index in [0.717, 1.165) is 49.7 Å². The van der Waals surface area contributed by atoms with Crippen molar-refractivity contribution in [2.45, 2.75) is 32.1 Å². The van der Waals surface area contributed by atoms with Gasteiger partial charge in [-0.25, -0.2) is 0 Å². The molecule has 1 aliphatic heterocycles. The molecule has 1 fully saturated rings. The molecule has 0 bridgehead atoms. The smallest absolute Gasteiger partial charge is 0.259 e. The second kappa shape index (κ2) is 11.8. The topological polar surface area (TPSA) is 58.6 Å². The molecule has 0 aromatic heterocycles. The van der Waals surface area contributed by atoms with Gasteiger partial charge in [0.1, 0.15) is 5.75 Å². The summed E-state index contributed by atoms with van der Waals surface area (Å²) >= 11 is 3.46. The highest BCUT2D eigenvalue weighted by molar-refractivity contribution is 9.10. The zero-order chi connectivity index (χ0) is 23.8. The number of hydrogen-bond acceptors (Lipinski definition) is 3. The van der Waals surface area contributed by atoms with Crippen LogP contribution < -0.4 is 10.1 Å². The summed E-state index contributed by atoms with van der Waals surface area (Å²) in [6.45, 7) is 1.97. The van der Waals surface area contributed by atoms with Crippen molar-refractivity contribution in [3.8, 4) is 5.75 Å². The molecule has 0 unspecified atom stereocenters. The summed E-state index contributed by atoms with van der Waals surface area (Å²) in [5.74, 6) is 0.159. The third kappa shape index (κ3) is 6.26. The molecular formula is C28H29BrN2O3. The highest BCUT2D eigenvalue weighted by Crippen LogP contribution is 2.26. The summed E-state index contributed by atoms with van der Waals surface area (Å²) < 4.78 is 6.76. The van der Waals surface area contributed by atoms with Crippen LogP contribution in [-0.2, 0) is 6.42 Å². The van der Waals surface area contributed by atoms with E-state index >= 15 is 0 Å².